The van der Waals surface area contributed by atoms with Crippen LogP contribution >= 0.6 is 34.5 Å². The molecule has 2 unspecified atom stereocenters. The Balaban J connectivity index is 1.37. The lowest BCUT2D eigenvalue weighted by Crippen LogP contribution is -2.66. The quantitative estimate of drug-likeness (QED) is 0.186. The lowest BCUT2D eigenvalue weighted by molar-refractivity contribution is -0.129. The van der Waals surface area contributed by atoms with Gasteiger partial charge in [-0.05, 0) is 122 Å². The summed E-state index contributed by atoms with van der Waals surface area (Å²) in [5.74, 6) is 0.211. The first-order chi connectivity index (χ1) is 26.3. The van der Waals surface area contributed by atoms with E-state index >= 15 is 4.79 Å². The van der Waals surface area contributed by atoms with Crippen LogP contribution in [0.4, 0.5) is 9.59 Å². The lowest BCUT2D eigenvalue weighted by atomic mass is 9.83. The third kappa shape index (κ3) is 9.74. The average molecular weight is 828 g/mol. The van der Waals surface area contributed by atoms with Crippen LogP contribution < -0.4 is 9.47 Å². The van der Waals surface area contributed by atoms with E-state index in [9.17, 15) is 9.59 Å². The maximum Gasteiger partial charge on any atom is 0.411 e. The van der Waals surface area contributed by atoms with Gasteiger partial charge in [0, 0.05) is 37.4 Å². The molecule has 14 heteroatoms. The molecule has 2 aliphatic heterocycles. The zero-order chi connectivity index (χ0) is 40.7. The molecule has 56 heavy (non-hydrogen) atoms. The van der Waals surface area contributed by atoms with E-state index in [-0.39, 0.29) is 44.7 Å². The minimum Gasteiger partial charge on any atom is -0.487 e. The highest BCUT2D eigenvalue weighted by Crippen LogP contribution is 2.44. The minimum atomic E-state index is -0.809. The number of carbonyl (C=O) groups is 3. The first-order valence-corrected chi connectivity index (χ1v) is 20.6. The Hall–Kier alpha value is -4.00. The van der Waals surface area contributed by atoms with Crippen LogP contribution in [-0.2, 0) is 20.8 Å². The Morgan fingerprint density at radius 1 is 0.911 bits per heavy atom. The number of amides is 3. The summed E-state index contributed by atoms with van der Waals surface area (Å²) in [7, 11) is 0. The van der Waals surface area contributed by atoms with Gasteiger partial charge in [0.1, 0.15) is 24.4 Å². The Morgan fingerprint density at radius 3 is 2.20 bits per heavy atom. The van der Waals surface area contributed by atoms with Crippen LogP contribution in [0.3, 0.4) is 0 Å². The van der Waals surface area contributed by atoms with Crippen LogP contribution in [0.15, 0.2) is 42.1 Å². The summed E-state index contributed by atoms with van der Waals surface area (Å²) in [5, 5.41) is 1.23. The number of thiazole rings is 1. The zero-order valence-electron chi connectivity index (χ0n) is 33.7. The molecule has 3 aromatic rings. The summed E-state index contributed by atoms with van der Waals surface area (Å²) in [4.78, 5) is 53.6. The van der Waals surface area contributed by atoms with Gasteiger partial charge < -0.3 is 28.7 Å². The zero-order valence-corrected chi connectivity index (χ0v) is 36.0. The normalized spacial score (nSPS) is 18.5. The van der Waals surface area contributed by atoms with Crippen molar-refractivity contribution in [1.82, 2.24) is 19.7 Å². The molecule has 2 fully saturated rings. The molecule has 2 bridgehead atoms. The first-order valence-electron chi connectivity index (χ1n) is 19.1. The number of aryl methyl sites for hydroxylation is 2. The number of piperazine rings is 1. The van der Waals surface area contributed by atoms with E-state index in [1.54, 1.807) is 28.1 Å². The van der Waals surface area contributed by atoms with Crippen molar-refractivity contribution >= 4 is 58.2 Å². The molecule has 2 atom stereocenters. The fourth-order valence-electron chi connectivity index (χ4n) is 7.12. The largest absolute Gasteiger partial charge is 0.487 e. The predicted octanol–water partition coefficient (Wildman–Crippen LogP) is 9.41. The fourth-order valence-corrected chi connectivity index (χ4v) is 8.68. The van der Waals surface area contributed by atoms with Crippen molar-refractivity contribution in [2.24, 2.45) is 0 Å². The van der Waals surface area contributed by atoms with E-state index in [4.69, 9.17) is 42.1 Å². The molecule has 1 saturated carbocycles. The number of hydrogen-bond donors (Lipinski definition) is 0. The Bertz CT molecular complexity index is 1990. The van der Waals surface area contributed by atoms with Crippen molar-refractivity contribution in [3.05, 3.63) is 79.3 Å². The van der Waals surface area contributed by atoms with Crippen LogP contribution in [0.5, 0.6) is 10.9 Å². The number of aromatic nitrogens is 1. The molecule has 1 aliphatic carbocycles. The topological polar surface area (TPSA) is 111 Å². The summed E-state index contributed by atoms with van der Waals surface area (Å²) in [5.41, 5.74) is 3.98. The third-order valence-corrected chi connectivity index (χ3v) is 11.5. The molecular weight excluding hydrogens is 775 g/mol. The van der Waals surface area contributed by atoms with E-state index in [2.05, 4.69) is 31.0 Å². The number of nitrogens with zero attached hydrogens (tertiary/aromatic N) is 4. The number of carbonyl (C=O) groups excluding carboxylic acids is 3. The van der Waals surface area contributed by atoms with Crippen molar-refractivity contribution in [2.75, 3.05) is 26.3 Å². The maximum atomic E-state index is 15.3. The van der Waals surface area contributed by atoms with Gasteiger partial charge in [0.05, 0.1) is 27.0 Å². The number of halogens is 2. The minimum absolute atomic E-state index is 0.0466. The van der Waals surface area contributed by atoms with Gasteiger partial charge in [0.2, 0.25) is 0 Å². The highest BCUT2D eigenvalue weighted by Gasteiger charge is 2.51. The molecule has 11 nitrogen and oxygen atoms in total. The van der Waals surface area contributed by atoms with Gasteiger partial charge in [0.25, 0.3) is 11.1 Å². The van der Waals surface area contributed by atoms with Gasteiger partial charge in [-0.2, -0.15) is 0 Å². The van der Waals surface area contributed by atoms with Gasteiger partial charge in [-0.3, -0.25) is 9.69 Å². The van der Waals surface area contributed by atoms with E-state index in [0.717, 1.165) is 45.5 Å². The Kier molecular flexibility index (Phi) is 12.2. The highest BCUT2D eigenvalue weighted by molar-refractivity contribution is 7.14. The van der Waals surface area contributed by atoms with Crippen LogP contribution in [0.2, 0.25) is 10.0 Å². The lowest BCUT2D eigenvalue weighted by Gasteiger charge is -2.51. The van der Waals surface area contributed by atoms with Crippen molar-refractivity contribution in [3.63, 3.8) is 0 Å². The van der Waals surface area contributed by atoms with Crippen molar-refractivity contribution in [1.29, 1.82) is 0 Å². The highest BCUT2D eigenvalue weighted by atomic mass is 35.5. The summed E-state index contributed by atoms with van der Waals surface area (Å²) < 4.78 is 23.7. The predicted molar refractivity (Wildman–Crippen MR) is 219 cm³/mol. The molecule has 3 aliphatic rings. The van der Waals surface area contributed by atoms with Crippen molar-refractivity contribution in [3.8, 4) is 10.9 Å². The van der Waals surface area contributed by atoms with Crippen LogP contribution in [0.25, 0.3) is 5.57 Å². The molecule has 0 N–H and O–H groups in total. The molecular formula is C42H52Cl2N4O7S. The van der Waals surface area contributed by atoms with E-state index in [1.165, 1.54) is 11.3 Å². The number of ether oxygens (including phenoxy) is 4. The second kappa shape index (κ2) is 16.5. The van der Waals surface area contributed by atoms with Crippen LogP contribution in [-0.4, -0.2) is 93.4 Å². The number of hydrogen-bond acceptors (Lipinski definition) is 9. The van der Waals surface area contributed by atoms with Crippen molar-refractivity contribution in [2.45, 2.75) is 117 Å². The molecule has 2 aromatic carbocycles. The second-order valence-electron chi connectivity index (χ2n) is 16.8. The third-order valence-electron chi connectivity index (χ3n) is 9.92. The molecule has 1 aromatic heterocycles. The molecule has 0 radical (unpaired) electrons. The standard InChI is InChI=1S/C42H52Cl2N4O7S/c1-24-17-31(43)36(32(44)18-24)52-15-16-53-38-45-20-34(56-38)30-19-29-22-46(39(50)54-41(4,5)6)23-33(48(29)40(51)55-42(7,8)9)35(30)37(49)47(28-13-14-28)21-27-12-10-11-25(2)26(27)3/h10-12,17-18,20,28-29,33H,13-16,19,21-23H2,1-9H3. The monoisotopic (exact) mass is 826 g/mol. The van der Waals surface area contributed by atoms with Gasteiger partial charge in [0.15, 0.2) is 5.75 Å². The molecule has 6 rings (SSSR count). The summed E-state index contributed by atoms with van der Waals surface area (Å²) in [6, 6.07) is 8.45. The Labute approximate surface area is 343 Å². The maximum absolute atomic E-state index is 15.3. The van der Waals surface area contributed by atoms with Gasteiger partial charge in [-0.1, -0.05) is 52.7 Å². The SMILES string of the molecule is Cc1cc(Cl)c(OCCOc2ncc(C3=C(C(=O)N(Cc4cccc(C)c4C)C4CC4)C4CN(C(=O)OC(C)(C)C)CC(C3)N4C(=O)OC(C)(C)C)s2)c(Cl)c1. The molecule has 3 amide bonds. The fraction of sp³-hybridized carbons (Fsp3) is 0.524. The molecule has 0 spiro atoms. The number of fused-ring (bicyclic) bond motifs is 2. The first kappa shape index (κ1) is 41.6. The summed E-state index contributed by atoms with van der Waals surface area (Å²) >= 11 is 14.0. The summed E-state index contributed by atoms with van der Waals surface area (Å²) in [6.07, 6.45) is 2.74. The number of rotatable bonds is 10. The number of benzene rings is 2. The molecule has 302 valence electrons. The van der Waals surface area contributed by atoms with E-state index < -0.39 is 35.5 Å². The van der Waals surface area contributed by atoms with E-state index in [0.29, 0.717) is 33.1 Å². The van der Waals surface area contributed by atoms with Crippen molar-refractivity contribution < 1.29 is 33.3 Å². The van der Waals surface area contributed by atoms with Crippen LogP contribution in [0, 0.1) is 20.8 Å². The van der Waals surface area contributed by atoms with Gasteiger partial charge in [-0.15, -0.1) is 0 Å². The smallest absolute Gasteiger partial charge is 0.411 e. The van der Waals surface area contributed by atoms with E-state index in [1.807, 2.05) is 59.4 Å². The molecule has 1 saturated heterocycles. The summed E-state index contributed by atoms with van der Waals surface area (Å²) in [6.45, 7) is 18.0. The second-order valence-corrected chi connectivity index (χ2v) is 18.6. The van der Waals surface area contributed by atoms with Gasteiger partial charge >= 0.3 is 12.2 Å². The average Bonchev–Trinajstić information content (AvgIpc) is 3.82. The molecule has 3 heterocycles. The Morgan fingerprint density at radius 2 is 1.55 bits per heavy atom. The van der Waals surface area contributed by atoms with Gasteiger partial charge in [-0.25, -0.2) is 14.6 Å². The van der Waals surface area contributed by atoms with Crippen LogP contribution in [0.1, 0.15) is 87.9 Å².